The van der Waals surface area contributed by atoms with E-state index in [9.17, 15) is 8.42 Å². The second kappa shape index (κ2) is 5.35. The largest absolute Gasteiger partial charge is 0.328 e. The molecule has 0 atom stereocenters. The molecule has 0 unspecified atom stereocenters. The van der Waals surface area contributed by atoms with Gasteiger partial charge in [0.1, 0.15) is 0 Å². The van der Waals surface area contributed by atoms with Crippen molar-refractivity contribution in [3.8, 4) is 0 Å². The van der Waals surface area contributed by atoms with Gasteiger partial charge in [-0.25, -0.2) is 18.1 Å². The quantitative estimate of drug-likeness (QED) is 0.915. The highest BCUT2D eigenvalue weighted by molar-refractivity contribution is 7.89. The maximum Gasteiger partial charge on any atom is 0.274 e. The molecule has 0 bridgehead atoms. The monoisotopic (exact) mass is 313 g/mol. The van der Waals surface area contributed by atoms with Crippen molar-refractivity contribution in [2.75, 3.05) is 0 Å². The minimum atomic E-state index is -3.59. The van der Waals surface area contributed by atoms with E-state index in [1.165, 1.54) is 6.42 Å². The van der Waals surface area contributed by atoms with Crippen LogP contribution in [0, 0.1) is 0 Å². The van der Waals surface area contributed by atoms with Gasteiger partial charge in [0.25, 0.3) is 10.0 Å². The van der Waals surface area contributed by atoms with E-state index in [-0.39, 0.29) is 11.2 Å². The molecular weight excluding hydrogens is 298 g/mol. The Morgan fingerprint density at radius 3 is 2.75 bits per heavy atom. The lowest BCUT2D eigenvalue weighted by molar-refractivity contribution is 0.411. The van der Waals surface area contributed by atoms with Gasteiger partial charge in [0, 0.05) is 11.1 Å². The lowest BCUT2D eigenvalue weighted by Crippen LogP contribution is -2.36. The fraction of sp³-hybridized carbons (Fsp3) is 0.462. The number of rotatable bonds is 3. The molecule has 0 radical (unpaired) electrons. The molecule has 0 amide bonds. The summed E-state index contributed by atoms with van der Waals surface area (Å²) in [5.74, 6) is 0. The molecule has 1 aliphatic carbocycles. The minimum Gasteiger partial charge on any atom is -0.328 e. The fourth-order valence-electron chi connectivity index (χ4n) is 2.58. The van der Waals surface area contributed by atoms with Crippen LogP contribution >= 0.6 is 11.6 Å². The third kappa shape index (κ3) is 2.82. The number of halogens is 1. The second-order valence-electron chi connectivity index (χ2n) is 5.16. The van der Waals surface area contributed by atoms with Crippen LogP contribution in [0.4, 0.5) is 0 Å². The van der Waals surface area contributed by atoms with Gasteiger partial charge in [0.2, 0.25) is 5.16 Å². The molecular formula is C13H16ClN3O2S. The highest BCUT2D eigenvalue weighted by Crippen LogP contribution is 2.21. The smallest absolute Gasteiger partial charge is 0.274 e. The lowest BCUT2D eigenvalue weighted by atomic mass is 9.96. The van der Waals surface area contributed by atoms with Crippen LogP contribution in [0.25, 0.3) is 11.0 Å². The van der Waals surface area contributed by atoms with E-state index in [1.807, 2.05) is 0 Å². The van der Waals surface area contributed by atoms with Crippen molar-refractivity contribution in [1.29, 1.82) is 0 Å². The first-order chi connectivity index (χ1) is 9.54. The summed E-state index contributed by atoms with van der Waals surface area (Å²) in [6, 6.07) is 5.09. The van der Waals surface area contributed by atoms with E-state index in [0.29, 0.717) is 16.1 Å². The Labute approximate surface area is 122 Å². The van der Waals surface area contributed by atoms with Gasteiger partial charge in [-0.2, -0.15) is 0 Å². The lowest BCUT2D eigenvalue weighted by Gasteiger charge is -2.21. The van der Waals surface area contributed by atoms with Gasteiger partial charge in [-0.05, 0) is 31.0 Å². The highest BCUT2D eigenvalue weighted by Gasteiger charge is 2.24. The van der Waals surface area contributed by atoms with Crippen LogP contribution < -0.4 is 4.72 Å². The molecule has 0 saturated heterocycles. The maximum atomic E-state index is 12.3. The zero-order chi connectivity index (χ0) is 14.2. The number of hydrogen-bond acceptors (Lipinski definition) is 3. The predicted octanol–water partition coefficient (Wildman–Crippen LogP) is 2.83. The number of H-pyrrole nitrogens is 1. The molecule has 7 heteroatoms. The number of imidazole rings is 1. The molecule has 1 heterocycles. The zero-order valence-corrected chi connectivity index (χ0v) is 12.5. The van der Waals surface area contributed by atoms with Gasteiger partial charge >= 0.3 is 0 Å². The van der Waals surface area contributed by atoms with Crippen molar-refractivity contribution in [3.05, 3.63) is 23.2 Å². The first-order valence-corrected chi connectivity index (χ1v) is 8.58. The first-order valence-electron chi connectivity index (χ1n) is 6.72. The second-order valence-corrected chi connectivity index (χ2v) is 7.23. The number of sulfonamides is 1. The molecule has 1 aromatic carbocycles. The number of fused-ring (bicyclic) bond motifs is 1. The van der Waals surface area contributed by atoms with Gasteiger partial charge in [0.05, 0.1) is 11.0 Å². The SMILES string of the molecule is O=S(=O)(NC1CCCCC1)c1nc2cc(Cl)ccc2[nH]1. The third-order valence-corrected chi connectivity index (χ3v) is 5.19. The Balaban J connectivity index is 1.88. The molecule has 1 aliphatic rings. The van der Waals surface area contributed by atoms with E-state index in [1.54, 1.807) is 18.2 Å². The average Bonchev–Trinajstić information content (AvgIpc) is 2.83. The molecule has 2 aromatic rings. The molecule has 1 aromatic heterocycles. The van der Waals surface area contributed by atoms with Crippen LogP contribution in [0.1, 0.15) is 32.1 Å². The van der Waals surface area contributed by atoms with Crippen molar-refractivity contribution in [3.63, 3.8) is 0 Å². The van der Waals surface area contributed by atoms with E-state index in [0.717, 1.165) is 25.7 Å². The molecule has 2 N–H and O–H groups in total. The number of nitrogens with one attached hydrogen (secondary N) is 2. The number of aromatic nitrogens is 2. The van der Waals surface area contributed by atoms with Crippen molar-refractivity contribution in [2.45, 2.75) is 43.3 Å². The Morgan fingerprint density at radius 2 is 2.00 bits per heavy atom. The molecule has 1 saturated carbocycles. The molecule has 0 aliphatic heterocycles. The topological polar surface area (TPSA) is 74.8 Å². The van der Waals surface area contributed by atoms with Gasteiger partial charge in [0.15, 0.2) is 0 Å². The van der Waals surface area contributed by atoms with E-state index < -0.39 is 10.0 Å². The van der Waals surface area contributed by atoms with Crippen LogP contribution in [0.5, 0.6) is 0 Å². The summed E-state index contributed by atoms with van der Waals surface area (Å²) in [6.07, 6.45) is 5.11. The Bertz CT molecular complexity index is 720. The van der Waals surface area contributed by atoms with Crippen molar-refractivity contribution >= 4 is 32.7 Å². The standard InChI is InChI=1S/C13H16ClN3O2S/c14-9-6-7-11-12(8-9)16-13(15-11)20(18,19)17-10-4-2-1-3-5-10/h6-8,10,17H,1-5H2,(H,15,16). The summed E-state index contributed by atoms with van der Waals surface area (Å²) in [6.45, 7) is 0. The van der Waals surface area contributed by atoms with E-state index in [4.69, 9.17) is 11.6 Å². The van der Waals surface area contributed by atoms with Crippen LogP contribution in [-0.4, -0.2) is 24.4 Å². The minimum absolute atomic E-state index is 0.0190. The Morgan fingerprint density at radius 1 is 1.25 bits per heavy atom. The number of hydrogen-bond donors (Lipinski definition) is 2. The number of aromatic amines is 1. The van der Waals surface area contributed by atoms with Crippen LogP contribution in [-0.2, 0) is 10.0 Å². The average molecular weight is 314 g/mol. The summed E-state index contributed by atoms with van der Waals surface area (Å²) in [4.78, 5) is 6.95. The maximum absolute atomic E-state index is 12.3. The Kier molecular flexibility index (Phi) is 3.70. The summed E-state index contributed by atoms with van der Waals surface area (Å²) < 4.78 is 27.4. The van der Waals surface area contributed by atoms with Crippen LogP contribution in [0.2, 0.25) is 5.02 Å². The molecule has 20 heavy (non-hydrogen) atoms. The number of nitrogens with zero attached hydrogens (tertiary/aromatic N) is 1. The summed E-state index contributed by atoms with van der Waals surface area (Å²) in [5, 5.41) is 0.494. The van der Waals surface area contributed by atoms with Gasteiger partial charge in [-0.3, -0.25) is 0 Å². The summed E-state index contributed by atoms with van der Waals surface area (Å²) >= 11 is 5.88. The Hall–Kier alpha value is -1.11. The van der Waals surface area contributed by atoms with E-state index in [2.05, 4.69) is 14.7 Å². The zero-order valence-electron chi connectivity index (χ0n) is 10.9. The van der Waals surface area contributed by atoms with Crippen molar-refractivity contribution in [1.82, 2.24) is 14.7 Å². The van der Waals surface area contributed by atoms with Gasteiger partial charge in [-0.1, -0.05) is 30.9 Å². The number of benzene rings is 1. The van der Waals surface area contributed by atoms with Gasteiger partial charge < -0.3 is 4.98 Å². The summed E-state index contributed by atoms with van der Waals surface area (Å²) in [5.41, 5.74) is 1.22. The normalized spacial score (nSPS) is 17.6. The molecule has 5 nitrogen and oxygen atoms in total. The predicted molar refractivity (Wildman–Crippen MR) is 78.3 cm³/mol. The van der Waals surface area contributed by atoms with Gasteiger partial charge in [-0.15, -0.1) is 0 Å². The first kappa shape index (κ1) is 13.9. The molecule has 3 rings (SSSR count). The summed E-state index contributed by atoms with van der Waals surface area (Å²) in [7, 11) is -3.59. The van der Waals surface area contributed by atoms with Crippen LogP contribution in [0.15, 0.2) is 23.4 Å². The molecule has 108 valence electrons. The van der Waals surface area contributed by atoms with Crippen molar-refractivity contribution in [2.24, 2.45) is 0 Å². The highest BCUT2D eigenvalue weighted by atomic mass is 35.5. The third-order valence-electron chi connectivity index (χ3n) is 3.60. The molecule has 1 fully saturated rings. The fourth-order valence-corrected chi connectivity index (χ4v) is 3.99. The van der Waals surface area contributed by atoms with Crippen LogP contribution in [0.3, 0.4) is 0 Å². The van der Waals surface area contributed by atoms with E-state index >= 15 is 0 Å². The van der Waals surface area contributed by atoms with Crippen molar-refractivity contribution < 1.29 is 8.42 Å². The molecule has 0 spiro atoms.